The van der Waals surface area contributed by atoms with Crippen LogP contribution in [0.15, 0.2) is 12.4 Å². The molecule has 3 rings (SSSR count). The van der Waals surface area contributed by atoms with Crippen molar-refractivity contribution >= 4 is 5.91 Å². The van der Waals surface area contributed by atoms with Gasteiger partial charge in [0, 0.05) is 31.5 Å². The number of rotatable bonds is 5. The van der Waals surface area contributed by atoms with Crippen molar-refractivity contribution in [3.05, 3.63) is 18.2 Å². The van der Waals surface area contributed by atoms with Crippen molar-refractivity contribution in [1.29, 1.82) is 0 Å². The van der Waals surface area contributed by atoms with Crippen LogP contribution in [0.3, 0.4) is 0 Å². The average Bonchev–Trinajstić information content (AvgIpc) is 2.88. The lowest BCUT2D eigenvalue weighted by atomic mass is 10.4. The first-order valence-corrected chi connectivity index (χ1v) is 6.84. The second kappa shape index (κ2) is 5.10. The minimum atomic E-state index is 0.221. The van der Waals surface area contributed by atoms with Crippen molar-refractivity contribution in [2.45, 2.75) is 44.8 Å². The van der Waals surface area contributed by atoms with Crippen molar-refractivity contribution in [1.82, 2.24) is 19.8 Å². The summed E-state index contributed by atoms with van der Waals surface area (Å²) in [5.74, 6) is 1.19. The maximum Gasteiger partial charge on any atom is 0.242 e. The quantitative estimate of drug-likeness (QED) is 0.837. The molecule has 1 aromatic heterocycles. The van der Waals surface area contributed by atoms with Gasteiger partial charge in [-0.05, 0) is 25.7 Å². The van der Waals surface area contributed by atoms with Gasteiger partial charge in [0.05, 0.1) is 6.54 Å². The molecule has 1 amide bonds. The van der Waals surface area contributed by atoms with E-state index in [1.165, 1.54) is 12.8 Å². The van der Waals surface area contributed by atoms with E-state index >= 15 is 0 Å². The Morgan fingerprint density at radius 2 is 2.17 bits per heavy atom. The number of nitrogens with zero attached hydrogens (tertiary/aromatic N) is 3. The Labute approximate surface area is 107 Å². The van der Waals surface area contributed by atoms with Crippen LogP contribution in [-0.4, -0.2) is 39.5 Å². The van der Waals surface area contributed by atoms with E-state index in [1.807, 2.05) is 15.7 Å². The van der Waals surface area contributed by atoms with E-state index in [0.29, 0.717) is 12.6 Å². The summed E-state index contributed by atoms with van der Waals surface area (Å²) < 4.78 is 1.97. The van der Waals surface area contributed by atoms with E-state index in [1.54, 1.807) is 6.20 Å². The number of likely N-dealkylation sites (tertiary alicyclic amines) is 1. The molecule has 5 heteroatoms. The molecular weight excluding hydrogens is 228 g/mol. The lowest BCUT2D eigenvalue weighted by Crippen LogP contribution is -2.31. The number of aromatic nitrogens is 2. The Morgan fingerprint density at radius 3 is 2.89 bits per heavy atom. The van der Waals surface area contributed by atoms with Crippen LogP contribution in [0.25, 0.3) is 0 Å². The van der Waals surface area contributed by atoms with Crippen molar-refractivity contribution in [3.63, 3.8) is 0 Å². The zero-order valence-electron chi connectivity index (χ0n) is 10.6. The predicted octanol–water partition coefficient (Wildman–Crippen LogP) is 0.757. The third-order valence-electron chi connectivity index (χ3n) is 3.69. The summed E-state index contributed by atoms with van der Waals surface area (Å²) in [7, 11) is 0. The van der Waals surface area contributed by atoms with Gasteiger partial charge in [0.2, 0.25) is 5.91 Å². The third-order valence-corrected chi connectivity index (χ3v) is 3.69. The van der Waals surface area contributed by atoms with E-state index in [0.717, 1.165) is 38.3 Å². The normalized spacial score (nSPS) is 19.4. The molecule has 1 saturated carbocycles. The van der Waals surface area contributed by atoms with E-state index < -0.39 is 0 Å². The molecule has 0 unspecified atom stereocenters. The highest BCUT2D eigenvalue weighted by Crippen LogP contribution is 2.19. The maximum absolute atomic E-state index is 12.1. The van der Waals surface area contributed by atoms with Gasteiger partial charge in [-0.2, -0.15) is 0 Å². The lowest BCUT2D eigenvalue weighted by molar-refractivity contribution is -0.130. The Hall–Kier alpha value is -1.36. The highest BCUT2D eigenvalue weighted by atomic mass is 16.2. The van der Waals surface area contributed by atoms with E-state index in [2.05, 4.69) is 10.3 Å². The second-order valence-corrected chi connectivity index (χ2v) is 5.21. The van der Waals surface area contributed by atoms with E-state index in [-0.39, 0.29) is 5.91 Å². The van der Waals surface area contributed by atoms with Gasteiger partial charge in [-0.1, -0.05) is 0 Å². The van der Waals surface area contributed by atoms with Crippen LogP contribution in [-0.2, 0) is 17.9 Å². The van der Waals surface area contributed by atoms with Gasteiger partial charge >= 0.3 is 0 Å². The van der Waals surface area contributed by atoms with Gasteiger partial charge in [-0.25, -0.2) is 4.98 Å². The van der Waals surface area contributed by atoms with Gasteiger partial charge in [0.25, 0.3) is 0 Å². The minimum absolute atomic E-state index is 0.221. The van der Waals surface area contributed by atoms with E-state index in [4.69, 9.17) is 0 Å². The van der Waals surface area contributed by atoms with Gasteiger partial charge in [-0.15, -0.1) is 0 Å². The molecule has 98 valence electrons. The van der Waals surface area contributed by atoms with Crippen molar-refractivity contribution in [3.8, 4) is 0 Å². The molecule has 0 bridgehead atoms. The summed E-state index contributed by atoms with van der Waals surface area (Å²) >= 11 is 0. The molecule has 2 heterocycles. The van der Waals surface area contributed by atoms with Crippen molar-refractivity contribution < 1.29 is 4.79 Å². The summed E-state index contributed by atoms with van der Waals surface area (Å²) in [6.07, 6.45) is 8.51. The minimum Gasteiger partial charge on any atom is -0.341 e. The van der Waals surface area contributed by atoms with Crippen LogP contribution in [0.2, 0.25) is 0 Å². The molecule has 2 aliphatic rings. The summed E-state index contributed by atoms with van der Waals surface area (Å²) in [6.45, 7) is 3.04. The Kier molecular flexibility index (Phi) is 3.32. The molecule has 2 fully saturated rings. The zero-order chi connectivity index (χ0) is 12.4. The molecular formula is C13H20N4O. The van der Waals surface area contributed by atoms with Crippen molar-refractivity contribution in [2.75, 3.05) is 13.1 Å². The van der Waals surface area contributed by atoms with Gasteiger partial charge in [-0.3, -0.25) is 4.79 Å². The van der Waals surface area contributed by atoms with Gasteiger partial charge < -0.3 is 14.8 Å². The smallest absolute Gasteiger partial charge is 0.242 e. The first-order valence-electron chi connectivity index (χ1n) is 6.84. The number of hydrogen-bond acceptors (Lipinski definition) is 3. The highest BCUT2D eigenvalue weighted by Gasteiger charge is 2.22. The van der Waals surface area contributed by atoms with Gasteiger partial charge in [0.15, 0.2) is 0 Å². The third kappa shape index (κ3) is 2.72. The first kappa shape index (κ1) is 11.7. The molecule has 0 aromatic carbocycles. The summed E-state index contributed by atoms with van der Waals surface area (Å²) in [4.78, 5) is 18.4. The Balaban J connectivity index is 1.57. The fourth-order valence-electron chi connectivity index (χ4n) is 2.39. The summed E-state index contributed by atoms with van der Waals surface area (Å²) in [6, 6.07) is 0.671. The van der Waals surface area contributed by atoms with Crippen LogP contribution in [0.5, 0.6) is 0 Å². The number of hydrogen-bond donors (Lipinski definition) is 1. The number of carbonyl (C=O) groups excluding carboxylic acids is 1. The van der Waals surface area contributed by atoms with Crippen LogP contribution >= 0.6 is 0 Å². The molecule has 5 nitrogen and oxygen atoms in total. The molecule has 1 aromatic rings. The second-order valence-electron chi connectivity index (χ2n) is 5.21. The van der Waals surface area contributed by atoms with E-state index in [9.17, 15) is 4.79 Å². The largest absolute Gasteiger partial charge is 0.341 e. The topological polar surface area (TPSA) is 50.2 Å². The molecule has 18 heavy (non-hydrogen) atoms. The number of imidazole rings is 1. The molecule has 1 aliphatic heterocycles. The Bertz CT molecular complexity index is 418. The standard InChI is InChI=1S/C13H20N4O/c18-13(16-6-1-2-7-16)10-17-8-5-14-12(17)9-15-11-3-4-11/h5,8,11,15H,1-4,6-7,9-10H2. The number of amides is 1. The molecule has 0 radical (unpaired) electrons. The summed E-state index contributed by atoms with van der Waals surface area (Å²) in [5.41, 5.74) is 0. The summed E-state index contributed by atoms with van der Waals surface area (Å²) in [5, 5.41) is 3.43. The number of carbonyl (C=O) groups is 1. The van der Waals surface area contributed by atoms with Crippen molar-refractivity contribution in [2.24, 2.45) is 0 Å². The van der Waals surface area contributed by atoms with Gasteiger partial charge in [0.1, 0.15) is 12.4 Å². The molecule has 0 spiro atoms. The fraction of sp³-hybridized carbons (Fsp3) is 0.692. The maximum atomic E-state index is 12.1. The highest BCUT2D eigenvalue weighted by molar-refractivity contribution is 5.76. The van der Waals surface area contributed by atoms with Crippen LogP contribution in [0.1, 0.15) is 31.5 Å². The number of nitrogens with one attached hydrogen (secondary N) is 1. The average molecular weight is 248 g/mol. The predicted molar refractivity (Wildman–Crippen MR) is 67.9 cm³/mol. The Morgan fingerprint density at radius 1 is 1.39 bits per heavy atom. The van der Waals surface area contributed by atoms with Crippen LogP contribution < -0.4 is 5.32 Å². The molecule has 1 aliphatic carbocycles. The van der Waals surface area contributed by atoms with Crippen LogP contribution in [0, 0.1) is 0 Å². The first-order chi connectivity index (χ1) is 8.83. The molecule has 1 N–H and O–H groups in total. The monoisotopic (exact) mass is 248 g/mol. The molecule has 1 saturated heterocycles. The fourth-order valence-corrected chi connectivity index (χ4v) is 2.39. The van der Waals surface area contributed by atoms with Crippen LogP contribution in [0.4, 0.5) is 0 Å². The SMILES string of the molecule is O=C(Cn1ccnc1CNC1CC1)N1CCCC1. The lowest BCUT2D eigenvalue weighted by Gasteiger charge is -2.16. The zero-order valence-corrected chi connectivity index (χ0v) is 10.6. The molecule has 0 atom stereocenters.